The highest BCUT2D eigenvalue weighted by Gasteiger charge is 2.26. The molecule has 0 radical (unpaired) electrons. The van der Waals surface area contributed by atoms with E-state index < -0.39 is 42.2 Å². The molecule has 33 heavy (non-hydrogen) atoms. The van der Waals surface area contributed by atoms with E-state index in [2.05, 4.69) is 16.8 Å². The van der Waals surface area contributed by atoms with Crippen LogP contribution in [0.25, 0.3) is 0 Å². The maximum absolute atomic E-state index is 12.6. The average molecular weight is 464 g/mol. The van der Waals surface area contributed by atoms with Crippen LogP contribution in [0.4, 0.5) is 22.0 Å². The van der Waals surface area contributed by atoms with E-state index in [1.165, 1.54) is 0 Å². The van der Waals surface area contributed by atoms with Crippen LogP contribution in [0.2, 0.25) is 0 Å². The summed E-state index contributed by atoms with van der Waals surface area (Å²) in [6.07, 6.45) is 3.69. The van der Waals surface area contributed by atoms with Crippen molar-refractivity contribution in [1.82, 2.24) is 0 Å². The zero-order valence-corrected chi connectivity index (χ0v) is 17.1. The van der Waals surface area contributed by atoms with Gasteiger partial charge in [-0.2, -0.15) is 28.4 Å². The molecule has 2 heterocycles. The van der Waals surface area contributed by atoms with Gasteiger partial charge in [0.15, 0.2) is 30.3 Å². The lowest BCUT2D eigenvalue weighted by Crippen LogP contribution is -2.50. The molecule has 0 aliphatic carbocycles. The van der Waals surface area contributed by atoms with Crippen LogP contribution < -0.4 is 23.8 Å². The lowest BCUT2D eigenvalue weighted by molar-refractivity contribution is -0.674. The Hall–Kier alpha value is -4.07. The molecule has 0 amide bonds. The van der Waals surface area contributed by atoms with Gasteiger partial charge in [-0.1, -0.05) is 0 Å². The van der Waals surface area contributed by atoms with Crippen molar-refractivity contribution < 1.29 is 45.8 Å². The first-order valence-corrected chi connectivity index (χ1v) is 8.74. The highest BCUT2D eigenvalue weighted by Crippen LogP contribution is 2.28. The molecule has 7 nitrogen and oxygen atoms in total. The van der Waals surface area contributed by atoms with Crippen molar-refractivity contribution in [2.75, 3.05) is 0 Å². The van der Waals surface area contributed by atoms with Crippen molar-refractivity contribution in [2.45, 2.75) is 0 Å². The Labute approximate surface area is 185 Å². The fourth-order valence-electron chi connectivity index (χ4n) is 2.06. The van der Waals surface area contributed by atoms with Crippen molar-refractivity contribution in [3.05, 3.63) is 89.3 Å². The molecule has 3 rings (SSSR count). The Balaban J connectivity index is 0.000000261. The summed E-state index contributed by atoms with van der Waals surface area (Å²) in [5, 5.41) is 36.6. The van der Waals surface area contributed by atoms with Gasteiger partial charge < -0.3 is 14.7 Å². The minimum absolute atomic E-state index is 0.678. The second kappa shape index (κ2) is 12.7. The van der Waals surface area contributed by atoms with E-state index in [0.717, 1.165) is 0 Å². The predicted octanol–water partition coefficient (Wildman–Crippen LogP) is 0.232. The second-order valence-corrected chi connectivity index (χ2v) is 5.92. The highest BCUT2D eigenvalue weighted by molar-refractivity contribution is 6.29. The summed E-state index contributed by atoms with van der Waals surface area (Å²) in [6.45, 7) is 0. The normalized spacial score (nSPS) is 9.30. The Morgan fingerprint density at radius 3 is 1.36 bits per heavy atom. The van der Waals surface area contributed by atoms with Gasteiger partial charge in [0, 0.05) is 24.3 Å². The summed E-state index contributed by atoms with van der Waals surface area (Å²) in [7, 11) is 0.496. The van der Waals surface area contributed by atoms with Crippen LogP contribution in [0.3, 0.4) is 0 Å². The minimum atomic E-state index is -3.20. The van der Waals surface area contributed by atoms with Gasteiger partial charge in [-0.25, -0.2) is 13.2 Å². The van der Waals surface area contributed by atoms with Crippen molar-refractivity contribution in [2.24, 2.45) is 14.1 Å². The molecular formula is C20H14BF5N4O3. The number of pyridine rings is 2. The third-order valence-corrected chi connectivity index (χ3v) is 3.72. The van der Waals surface area contributed by atoms with E-state index in [1.807, 2.05) is 50.8 Å². The summed E-state index contributed by atoms with van der Waals surface area (Å²) in [4.78, 5) is 0. The van der Waals surface area contributed by atoms with Gasteiger partial charge in [-0.3, -0.25) is 0 Å². The third kappa shape index (κ3) is 7.54. The van der Waals surface area contributed by atoms with Crippen LogP contribution >= 0.6 is 0 Å². The number of nitrogens with zero attached hydrogens (tertiary/aromatic N) is 4. The molecule has 3 aromatic rings. The van der Waals surface area contributed by atoms with Crippen LogP contribution in [0.15, 0.2) is 48.8 Å². The lowest BCUT2D eigenvalue weighted by Gasteiger charge is -2.27. The van der Waals surface area contributed by atoms with Crippen LogP contribution in [-0.4, -0.2) is 7.32 Å². The molecule has 13 heteroatoms. The first-order valence-electron chi connectivity index (χ1n) is 8.74. The van der Waals surface area contributed by atoms with Crippen LogP contribution in [0, 0.1) is 51.7 Å². The largest absolute Gasteiger partial charge is 0.860 e. The van der Waals surface area contributed by atoms with Crippen molar-refractivity contribution in [1.29, 1.82) is 10.5 Å². The lowest BCUT2D eigenvalue weighted by atomic mass is 10.2. The summed E-state index contributed by atoms with van der Waals surface area (Å²) >= 11 is 0. The molecule has 0 spiro atoms. The first-order chi connectivity index (χ1) is 15.5. The van der Waals surface area contributed by atoms with Crippen LogP contribution in [0.5, 0.6) is 5.75 Å². The number of rotatable bonds is 2. The molecule has 0 aliphatic rings. The van der Waals surface area contributed by atoms with E-state index in [-0.39, 0.29) is 0 Å². The van der Waals surface area contributed by atoms with Gasteiger partial charge in [-0.15, -0.1) is 0 Å². The number of hydrogen-bond acceptors (Lipinski definition) is 5. The fraction of sp³-hybridized carbons (Fsp3) is 0.100. The molecular weight excluding hydrogens is 450 g/mol. The molecule has 0 atom stereocenters. The fourth-order valence-corrected chi connectivity index (χ4v) is 2.06. The Bertz CT molecular complexity index is 1110. The number of hydrogen-bond donors (Lipinski definition) is 0. The molecule has 170 valence electrons. The van der Waals surface area contributed by atoms with Gasteiger partial charge in [-0.05, 0) is 12.1 Å². The molecule has 0 saturated heterocycles. The van der Waals surface area contributed by atoms with E-state index >= 15 is 0 Å². The molecule has 0 unspecified atom stereocenters. The topological polar surface area (TPSA) is 111 Å². The van der Waals surface area contributed by atoms with E-state index in [1.54, 1.807) is 21.3 Å². The zero-order chi connectivity index (χ0) is 25.1. The molecule has 0 bridgehead atoms. The zero-order valence-electron chi connectivity index (χ0n) is 17.1. The average Bonchev–Trinajstić information content (AvgIpc) is 2.80. The maximum atomic E-state index is 12.6. The van der Waals surface area contributed by atoms with Gasteiger partial charge in [0.1, 0.15) is 21.4 Å². The molecule has 2 aromatic heterocycles. The quantitative estimate of drug-likeness (QED) is 0.177. The SMILES string of the molecule is C[n+]1ccccc1C#N.C[n+]1ccccc1C#N.[O-]B([O-])Oc1c(F)c(F)c(F)c(F)c1F. The summed E-state index contributed by atoms with van der Waals surface area (Å²) in [5.41, 5.74) is 1.36. The van der Waals surface area contributed by atoms with Crippen molar-refractivity contribution in [3.63, 3.8) is 0 Å². The van der Waals surface area contributed by atoms with Gasteiger partial charge in [0.2, 0.25) is 29.1 Å². The maximum Gasteiger partial charge on any atom is 0.283 e. The number of halogens is 5. The Kier molecular flexibility index (Phi) is 10.4. The van der Waals surface area contributed by atoms with Gasteiger partial charge in [0.05, 0.1) is 0 Å². The second-order valence-electron chi connectivity index (χ2n) is 5.92. The number of nitriles is 2. The molecule has 0 N–H and O–H groups in total. The van der Waals surface area contributed by atoms with Gasteiger partial charge in [0.25, 0.3) is 11.4 Å². The van der Waals surface area contributed by atoms with Gasteiger partial charge >= 0.3 is 0 Å². The molecule has 1 aromatic carbocycles. The third-order valence-electron chi connectivity index (χ3n) is 3.72. The standard InChI is InChI=1S/2C7H7N2.C6BF5O3/c2*1-9-5-3-2-4-7(9)6-8;8-1-2(9)4(11)6(15-7(13)14)5(12)3(1)10/h2*2-5H,1H3;/q2*+1;-2. The van der Waals surface area contributed by atoms with E-state index in [4.69, 9.17) is 10.5 Å². The van der Waals surface area contributed by atoms with Crippen LogP contribution in [-0.2, 0) is 14.1 Å². The van der Waals surface area contributed by atoms with Crippen LogP contribution in [0.1, 0.15) is 11.4 Å². The highest BCUT2D eigenvalue weighted by atomic mass is 19.2. The smallest absolute Gasteiger partial charge is 0.283 e. The molecule has 0 saturated carbocycles. The monoisotopic (exact) mass is 464 g/mol. The number of aryl methyl sites for hydroxylation is 2. The Morgan fingerprint density at radius 2 is 1.09 bits per heavy atom. The van der Waals surface area contributed by atoms with Crippen molar-refractivity contribution in [3.8, 4) is 17.9 Å². The predicted molar refractivity (Wildman–Crippen MR) is 97.3 cm³/mol. The number of aromatic nitrogens is 2. The molecule has 0 fully saturated rings. The van der Waals surface area contributed by atoms with E-state index in [9.17, 15) is 32.0 Å². The summed E-state index contributed by atoms with van der Waals surface area (Å²) in [5.74, 6) is -13.6. The molecule has 0 aliphatic heterocycles. The Morgan fingerprint density at radius 1 is 0.727 bits per heavy atom. The minimum Gasteiger partial charge on any atom is -0.860 e. The summed E-state index contributed by atoms with van der Waals surface area (Å²) in [6, 6.07) is 15.1. The summed E-state index contributed by atoms with van der Waals surface area (Å²) < 4.78 is 69.4. The first kappa shape index (κ1) is 27.0. The number of benzene rings is 1. The van der Waals surface area contributed by atoms with E-state index in [0.29, 0.717) is 11.4 Å². The van der Waals surface area contributed by atoms with Crippen molar-refractivity contribution >= 4 is 7.32 Å².